The molecule has 0 aliphatic carbocycles. The molecule has 1 rings (SSSR count). The smallest absolute Gasteiger partial charge is 0.134 e. The monoisotopic (exact) mass is 301 g/mol. The van der Waals surface area contributed by atoms with Crippen LogP contribution in [0.15, 0.2) is 10.7 Å². The van der Waals surface area contributed by atoms with E-state index >= 15 is 0 Å². The van der Waals surface area contributed by atoms with Gasteiger partial charge in [-0.05, 0) is 28.8 Å². The van der Waals surface area contributed by atoms with Crippen LogP contribution in [0.3, 0.4) is 0 Å². The normalized spacial score (nSPS) is 12.8. The SMILES string of the molecule is CCC(CCO)Nc1cc(Br)nc(C(C)C)n1. The topological polar surface area (TPSA) is 58.0 Å². The van der Waals surface area contributed by atoms with Gasteiger partial charge >= 0.3 is 0 Å². The summed E-state index contributed by atoms with van der Waals surface area (Å²) in [5.74, 6) is 1.93. The number of aromatic nitrogens is 2. The summed E-state index contributed by atoms with van der Waals surface area (Å²) < 4.78 is 0.789. The largest absolute Gasteiger partial charge is 0.396 e. The van der Waals surface area contributed by atoms with Crippen molar-refractivity contribution in [2.24, 2.45) is 0 Å². The molecule has 0 radical (unpaired) electrons. The van der Waals surface area contributed by atoms with Crippen LogP contribution in [0, 0.1) is 0 Å². The van der Waals surface area contributed by atoms with Crippen LogP contribution >= 0.6 is 15.9 Å². The average molecular weight is 302 g/mol. The zero-order chi connectivity index (χ0) is 12.8. The van der Waals surface area contributed by atoms with Crippen molar-refractivity contribution in [3.8, 4) is 0 Å². The Morgan fingerprint density at radius 1 is 1.41 bits per heavy atom. The van der Waals surface area contributed by atoms with Gasteiger partial charge in [0.1, 0.15) is 16.2 Å². The van der Waals surface area contributed by atoms with E-state index < -0.39 is 0 Å². The molecule has 1 heterocycles. The molecular weight excluding hydrogens is 282 g/mol. The molecule has 0 spiro atoms. The Kier molecular flexibility index (Phi) is 5.85. The highest BCUT2D eigenvalue weighted by molar-refractivity contribution is 9.10. The summed E-state index contributed by atoms with van der Waals surface area (Å²) in [5.41, 5.74) is 0. The lowest BCUT2D eigenvalue weighted by atomic mass is 10.1. The van der Waals surface area contributed by atoms with Crippen LogP contribution in [-0.2, 0) is 0 Å². The maximum absolute atomic E-state index is 8.96. The fraction of sp³-hybridized carbons (Fsp3) is 0.667. The second-order valence-corrected chi connectivity index (χ2v) is 5.16. The Balaban J connectivity index is 2.82. The molecule has 96 valence electrons. The Hall–Kier alpha value is -0.680. The predicted molar refractivity (Wildman–Crippen MR) is 73.2 cm³/mol. The highest BCUT2D eigenvalue weighted by Crippen LogP contribution is 2.18. The number of hydrogen-bond acceptors (Lipinski definition) is 4. The Morgan fingerprint density at radius 2 is 2.12 bits per heavy atom. The first kappa shape index (κ1) is 14.4. The molecule has 0 fully saturated rings. The number of aliphatic hydroxyl groups is 1. The molecule has 1 atom stereocenters. The van der Waals surface area contributed by atoms with Crippen LogP contribution in [0.4, 0.5) is 5.82 Å². The summed E-state index contributed by atoms with van der Waals surface area (Å²) in [7, 11) is 0. The lowest BCUT2D eigenvalue weighted by molar-refractivity contribution is 0.278. The summed E-state index contributed by atoms with van der Waals surface area (Å²) in [6, 6.07) is 2.12. The second-order valence-electron chi connectivity index (χ2n) is 4.35. The van der Waals surface area contributed by atoms with Crippen LogP contribution in [0.25, 0.3) is 0 Å². The molecule has 4 nitrogen and oxygen atoms in total. The maximum Gasteiger partial charge on any atom is 0.134 e. The van der Waals surface area contributed by atoms with E-state index in [0.29, 0.717) is 5.92 Å². The quantitative estimate of drug-likeness (QED) is 0.793. The van der Waals surface area contributed by atoms with Gasteiger partial charge in [-0.25, -0.2) is 9.97 Å². The number of halogens is 1. The molecule has 0 saturated carbocycles. The minimum atomic E-state index is 0.189. The molecule has 1 unspecified atom stereocenters. The molecule has 1 aromatic heterocycles. The highest BCUT2D eigenvalue weighted by atomic mass is 79.9. The number of nitrogens with one attached hydrogen (secondary N) is 1. The standard InChI is InChI=1S/C12H20BrN3O/c1-4-9(5-6-17)14-11-7-10(13)15-12(16-11)8(2)3/h7-9,17H,4-6H2,1-3H3,(H,14,15,16). The van der Waals surface area contributed by atoms with Crippen LogP contribution in [0.5, 0.6) is 0 Å². The van der Waals surface area contributed by atoms with Gasteiger partial charge in [-0.1, -0.05) is 20.8 Å². The number of aliphatic hydroxyl groups excluding tert-OH is 1. The van der Waals surface area contributed by atoms with E-state index in [0.717, 1.165) is 29.1 Å². The first-order valence-corrected chi connectivity index (χ1v) is 6.78. The van der Waals surface area contributed by atoms with Crippen molar-refractivity contribution in [3.63, 3.8) is 0 Å². The minimum absolute atomic E-state index is 0.189. The van der Waals surface area contributed by atoms with Gasteiger partial charge in [0.25, 0.3) is 0 Å². The zero-order valence-electron chi connectivity index (χ0n) is 10.6. The number of anilines is 1. The van der Waals surface area contributed by atoms with E-state index in [1.165, 1.54) is 0 Å². The summed E-state index contributed by atoms with van der Waals surface area (Å²) in [5, 5.41) is 12.3. The molecule has 2 N–H and O–H groups in total. The summed E-state index contributed by atoms with van der Waals surface area (Å²) in [6.45, 7) is 6.41. The minimum Gasteiger partial charge on any atom is -0.396 e. The average Bonchev–Trinajstić information content (AvgIpc) is 2.27. The molecule has 0 aromatic carbocycles. The first-order valence-electron chi connectivity index (χ1n) is 5.98. The van der Waals surface area contributed by atoms with E-state index in [4.69, 9.17) is 5.11 Å². The van der Waals surface area contributed by atoms with Gasteiger partial charge in [0, 0.05) is 24.6 Å². The second kappa shape index (κ2) is 6.91. The molecule has 5 heteroatoms. The third kappa shape index (κ3) is 4.60. The van der Waals surface area contributed by atoms with Gasteiger partial charge in [-0.15, -0.1) is 0 Å². The zero-order valence-corrected chi connectivity index (χ0v) is 12.2. The van der Waals surface area contributed by atoms with Gasteiger partial charge in [0.2, 0.25) is 0 Å². The molecule has 0 aliphatic rings. The first-order chi connectivity index (χ1) is 8.06. The van der Waals surface area contributed by atoms with E-state index in [9.17, 15) is 0 Å². The Morgan fingerprint density at radius 3 is 2.65 bits per heavy atom. The fourth-order valence-electron chi connectivity index (χ4n) is 1.51. The predicted octanol–water partition coefficient (Wildman–Crippen LogP) is 2.94. The molecule has 17 heavy (non-hydrogen) atoms. The molecule has 0 amide bonds. The molecule has 0 saturated heterocycles. The van der Waals surface area contributed by atoms with Gasteiger partial charge in [-0.3, -0.25) is 0 Å². The van der Waals surface area contributed by atoms with Crippen molar-refractivity contribution in [1.82, 2.24) is 9.97 Å². The van der Waals surface area contributed by atoms with Gasteiger partial charge in [-0.2, -0.15) is 0 Å². The van der Waals surface area contributed by atoms with Crippen LogP contribution < -0.4 is 5.32 Å². The molecule has 0 bridgehead atoms. The third-order valence-corrected chi connectivity index (χ3v) is 2.96. The van der Waals surface area contributed by atoms with Gasteiger partial charge < -0.3 is 10.4 Å². The van der Waals surface area contributed by atoms with Crippen molar-refractivity contribution >= 4 is 21.7 Å². The lowest BCUT2D eigenvalue weighted by Crippen LogP contribution is -2.21. The molecule has 1 aromatic rings. The van der Waals surface area contributed by atoms with Gasteiger partial charge in [0.05, 0.1) is 0 Å². The number of nitrogens with zero attached hydrogens (tertiary/aromatic N) is 2. The highest BCUT2D eigenvalue weighted by Gasteiger charge is 2.10. The van der Waals surface area contributed by atoms with Crippen molar-refractivity contribution in [2.75, 3.05) is 11.9 Å². The summed E-state index contributed by atoms with van der Waals surface area (Å²) in [4.78, 5) is 8.80. The lowest BCUT2D eigenvalue weighted by Gasteiger charge is -2.17. The Labute approximate surface area is 111 Å². The van der Waals surface area contributed by atoms with Crippen LogP contribution in [0.1, 0.15) is 45.4 Å². The van der Waals surface area contributed by atoms with Crippen LogP contribution in [-0.4, -0.2) is 27.7 Å². The molecular formula is C12H20BrN3O. The maximum atomic E-state index is 8.96. The number of hydrogen-bond donors (Lipinski definition) is 2. The van der Waals surface area contributed by atoms with Crippen molar-refractivity contribution in [3.05, 3.63) is 16.5 Å². The molecule has 0 aliphatic heterocycles. The van der Waals surface area contributed by atoms with E-state index in [2.05, 4.69) is 52.0 Å². The van der Waals surface area contributed by atoms with Crippen molar-refractivity contribution in [2.45, 2.75) is 45.6 Å². The van der Waals surface area contributed by atoms with Crippen molar-refractivity contribution < 1.29 is 5.11 Å². The van der Waals surface area contributed by atoms with E-state index in [1.54, 1.807) is 0 Å². The summed E-state index contributed by atoms with van der Waals surface area (Å²) in [6.07, 6.45) is 1.69. The number of rotatable bonds is 6. The van der Waals surface area contributed by atoms with Crippen molar-refractivity contribution in [1.29, 1.82) is 0 Å². The van der Waals surface area contributed by atoms with E-state index in [1.807, 2.05) is 6.07 Å². The van der Waals surface area contributed by atoms with Crippen LogP contribution in [0.2, 0.25) is 0 Å². The summed E-state index contributed by atoms with van der Waals surface area (Å²) >= 11 is 3.39. The van der Waals surface area contributed by atoms with Gasteiger partial charge in [0.15, 0.2) is 0 Å². The fourth-order valence-corrected chi connectivity index (χ4v) is 1.91. The van der Waals surface area contributed by atoms with E-state index in [-0.39, 0.29) is 12.6 Å². The third-order valence-electron chi connectivity index (χ3n) is 2.55. The Bertz CT molecular complexity index is 358.